The van der Waals surface area contributed by atoms with Crippen LogP contribution < -0.4 is 11.1 Å². The van der Waals surface area contributed by atoms with Crippen LogP contribution in [-0.4, -0.2) is 18.5 Å². The number of nitrogens with two attached hydrogens (primary N) is 1. The molecule has 0 saturated carbocycles. The summed E-state index contributed by atoms with van der Waals surface area (Å²) in [6, 6.07) is 18.2. The van der Waals surface area contributed by atoms with Crippen molar-refractivity contribution in [3.63, 3.8) is 0 Å². The van der Waals surface area contributed by atoms with Gasteiger partial charge >= 0.3 is 0 Å². The van der Waals surface area contributed by atoms with Gasteiger partial charge in [0.05, 0.1) is 0 Å². The van der Waals surface area contributed by atoms with Crippen LogP contribution in [-0.2, 0) is 5.75 Å². The van der Waals surface area contributed by atoms with Gasteiger partial charge in [0.2, 0.25) is 0 Å². The fourth-order valence-electron chi connectivity index (χ4n) is 1.96. The molecule has 1 atom stereocenters. The van der Waals surface area contributed by atoms with E-state index < -0.39 is 0 Å². The van der Waals surface area contributed by atoms with Gasteiger partial charge in [0.15, 0.2) is 0 Å². The molecule has 0 spiro atoms. The Morgan fingerprint density at radius 2 is 1.78 bits per heavy atom. The molecule has 2 aromatic rings. The lowest BCUT2D eigenvalue weighted by Crippen LogP contribution is -2.28. The minimum atomic E-state index is -0.0414. The molecule has 2 aromatic carbocycles. The Bertz CT molecular complexity index is 588. The van der Waals surface area contributed by atoms with E-state index in [4.69, 9.17) is 5.73 Å². The zero-order valence-electron chi connectivity index (χ0n) is 13.2. The van der Waals surface area contributed by atoms with Gasteiger partial charge in [0, 0.05) is 28.8 Å². The number of nitrogens with one attached hydrogen (secondary N) is 1. The summed E-state index contributed by atoms with van der Waals surface area (Å²) in [7, 11) is 0. The molecule has 0 fully saturated rings. The summed E-state index contributed by atoms with van der Waals surface area (Å²) >= 11 is 1.77. The van der Waals surface area contributed by atoms with Gasteiger partial charge in [-0.15, -0.1) is 24.2 Å². The van der Waals surface area contributed by atoms with Gasteiger partial charge < -0.3 is 11.1 Å². The van der Waals surface area contributed by atoms with Crippen molar-refractivity contribution in [1.82, 2.24) is 5.32 Å². The zero-order valence-corrected chi connectivity index (χ0v) is 14.8. The summed E-state index contributed by atoms with van der Waals surface area (Å²) in [5, 5.41) is 2.88. The highest BCUT2D eigenvalue weighted by atomic mass is 35.5. The molecule has 23 heavy (non-hydrogen) atoms. The van der Waals surface area contributed by atoms with Crippen LogP contribution in [0.25, 0.3) is 0 Å². The minimum Gasteiger partial charge on any atom is -0.352 e. The molecule has 0 aliphatic heterocycles. The van der Waals surface area contributed by atoms with Crippen molar-refractivity contribution in [1.29, 1.82) is 0 Å². The summed E-state index contributed by atoms with van der Waals surface area (Å²) < 4.78 is 0. The molecule has 3 N–H and O–H groups in total. The van der Waals surface area contributed by atoms with Gasteiger partial charge in [-0.05, 0) is 43.2 Å². The summed E-state index contributed by atoms with van der Waals surface area (Å²) in [6.07, 6.45) is 0.788. The lowest BCUT2D eigenvalue weighted by molar-refractivity contribution is 0.0952. The van der Waals surface area contributed by atoms with Crippen LogP contribution in [0.15, 0.2) is 59.5 Å². The van der Waals surface area contributed by atoms with E-state index in [1.165, 1.54) is 5.56 Å². The van der Waals surface area contributed by atoms with E-state index in [1.54, 1.807) is 11.8 Å². The summed E-state index contributed by atoms with van der Waals surface area (Å²) in [4.78, 5) is 13.1. The van der Waals surface area contributed by atoms with Gasteiger partial charge in [-0.3, -0.25) is 4.79 Å². The van der Waals surface area contributed by atoms with Crippen molar-refractivity contribution < 1.29 is 4.79 Å². The Balaban J connectivity index is 0.00000264. The van der Waals surface area contributed by atoms with Crippen LogP contribution in [0.4, 0.5) is 0 Å². The van der Waals surface area contributed by atoms with Crippen molar-refractivity contribution in [2.24, 2.45) is 5.73 Å². The molecule has 0 aromatic heterocycles. The topological polar surface area (TPSA) is 55.1 Å². The molecule has 2 rings (SSSR count). The van der Waals surface area contributed by atoms with Gasteiger partial charge in [0.25, 0.3) is 5.91 Å². The van der Waals surface area contributed by atoms with E-state index in [-0.39, 0.29) is 24.4 Å². The summed E-state index contributed by atoms with van der Waals surface area (Å²) in [6.45, 7) is 2.55. The first-order valence-electron chi connectivity index (χ1n) is 7.46. The van der Waals surface area contributed by atoms with Gasteiger partial charge in [-0.2, -0.15) is 0 Å². The molecule has 1 amide bonds. The molecule has 0 aliphatic carbocycles. The van der Waals surface area contributed by atoms with Crippen LogP contribution in [0.1, 0.15) is 29.3 Å². The highest BCUT2D eigenvalue weighted by Crippen LogP contribution is 2.22. The highest BCUT2D eigenvalue weighted by Gasteiger charge is 2.05. The molecule has 124 valence electrons. The largest absolute Gasteiger partial charge is 0.352 e. The highest BCUT2D eigenvalue weighted by molar-refractivity contribution is 7.98. The average Bonchev–Trinajstić information content (AvgIpc) is 2.54. The Kier molecular flexibility index (Phi) is 8.77. The molecule has 0 aliphatic rings. The van der Waals surface area contributed by atoms with E-state index in [9.17, 15) is 4.79 Å². The molecular weight excluding hydrogens is 328 g/mol. The van der Waals surface area contributed by atoms with Crippen molar-refractivity contribution in [3.8, 4) is 0 Å². The third-order valence-corrected chi connectivity index (χ3v) is 4.33. The van der Waals surface area contributed by atoms with Crippen LogP contribution in [0, 0.1) is 0 Å². The number of carbonyl (C=O) groups excluding carboxylic acids is 1. The quantitative estimate of drug-likeness (QED) is 0.745. The maximum Gasteiger partial charge on any atom is 0.251 e. The Morgan fingerprint density at radius 1 is 1.13 bits per heavy atom. The van der Waals surface area contributed by atoms with Gasteiger partial charge in [-0.25, -0.2) is 0 Å². The molecule has 0 bridgehead atoms. The Hall–Kier alpha value is -1.49. The number of halogens is 1. The third-order valence-electron chi connectivity index (χ3n) is 3.25. The molecule has 0 radical (unpaired) electrons. The standard InChI is InChI=1S/C18H22N2OS.ClH/c1-14(19)11-12-20-18(21)16-7-9-17(10-8-16)22-13-15-5-3-2-4-6-15;/h2-10,14H,11-13,19H2,1H3,(H,20,21);1H. The molecule has 5 heteroatoms. The third kappa shape index (κ3) is 7.08. The SMILES string of the molecule is CC(N)CCNC(=O)c1ccc(SCc2ccccc2)cc1.Cl. The van der Waals surface area contributed by atoms with Crippen LogP contribution in [0.2, 0.25) is 0 Å². The van der Waals surface area contributed by atoms with E-state index >= 15 is 0 Å². The smallest absolute Gasteiger partial charge is 0.251 e. The van der Waals surface area contributed by atoms with Crippen molar-refractivity contribution in [2.45, 2.75) is 30.0 Å². The molecule has 0 heterocycles. The molecule has 0 saturated heterocycles. The second-order valence-electron chi connectivity index (χ2n) is 5.32. The fraction of sp³-hybridized carbons (Fsp3) is 0.278. The predicted octanol–water partition coefficient (Wildman–Crippen LogP) is 3.87. The number of carbonyl (C=O) groups is 1. The monoisotopic (exact) mass is 350 g/mol. The van der Waals surface area contributed by atoms with Crippen molar-refractivity contribution >= 4 is 30.1 Å². The van der Waals surface area contributed by atoms with Crippen LogP contribution in [0.5, 0.6) is 0 Å². The van der Waals surface area contributed by atoms with Crippen molar-refractivity contribution in [2.75, 3.05) is 6.54 Å². The van der Waals surface area contributed by atoms with Crippen LogP contribution in [0.3, 0.4) is 0 Å². The lowest BCUT2D eigenvalue weighted by atomic mass is 10.2. The van der Waals surface area contributed by atoms with Crippen molar-refractivity contribution in [3.05, 3.63) is 65.7 Å². The van der Waals surface area contributed by atoms with E-state index in [0.717, 1.165) is 17.1 Å². The fourth-order valence-corrected chi connectivity index (χ4v) is 2.81. The van der Waals surface area contributed by atoms with E-state index in [1.807, 2.05) is 49.4 Å². The second-order valence-corrected chi connectivity index (χ2v) is 6.37. The predicted molar refractivity (Wildman–Crippen MR) is 100 cm³/mol. The number of hydrogen-bond acceptors (Lipinski definition) is 3. The number of rotatable bonds is 7. The summed E-state index contributed by atoms with van der Waals surface area (Å²) in [5.74, 6) is 0.890. The normalized spacial score (nSPS) is 11.4. The Labute approximate surface area is 148 Å². The Morgan fingerprint density at radius 3 is 2.39 bits per heavy atom. The maximum absolute atomic E-state index is 12.0. The van der Waals surface area contributed by atoms with E-state index in [2.05, 4.69) is 17.4 Å². The number of thioether (sulfide) groups is 1. The van der Waals surface area contributed by atoms with E-state index in [0.29, 0.717) is 12.1 Å². The maximum atomic E-state index is 12.0. The minimum absolute atomic E-state index is 0. The molecular formula is C18H23ClN2OS. The van der Waals surface area contributed by atoms with Gasteiger partial charge in [-0.1, -0.05) is 30.3 Å². The molecule has 1 unspecified atom stereocenters. The first kappa shape index (κ1) is 19.6. The zero-order chi connectivity index (χ0) is 15.8. The summed E-state index contributed by atoms with van der Waals surface area (Å²) in [5.41, 5.74) is 7.65. The van der Waals surface area contributed by atoms with Crippen LogP contribution >= 0.6 is 24.2 Å². The average molecular weight is 351 g/mol. The first-order chi connectivity index (χ1) is 10.6. The number of hydrogen-bond donors (Lipinski definition) is 2. The molecule has 3 nitrogen and oxygen atoms in total. The number of benzene rings is 2. The first-order valence-corrected chi connectivity index (χ1v) is 8.44. The number of amides is 1. The second kappa shape index (κ2) is 10.3. The van der Waals surface area contributed by atoms with Gasteiger partial charge in [0.1, 0.15) is 0 Å². The lowest BCUT2D eigenvalue weighted by Gasteiger charge is -2.08.